The Morgan fingerprint density at radius 3 is 2.61 bits per heavy atom. The Morgan fingerprint density at radius 1 is 1.03 bits per heavy atom. The standard InChI is InChI=1S/C24H28N4O5/c1-15-5-6-17(12-20(15)26-16(2)29)23(30)28-24(25-14-19-4-3-9-31-19)27-18-7-8-21-22(13-18)33-11-10-32-21/h5-8,12-13,19H,3-4,9-11,14H2,1-2H3,(H,26,29)(H2,25,27,28,30)/t19-/m0/s1. The highest BCUT2D eigenvalue weighted by Crippen LogP contribution is 2.32. The van der Waals surface area contributed by atoms with E-state index in [1.165, 1.54) is 6.92 Å². The molecule has 174 valence electrons. The maximum atomic E-state index is 13.0. The summed E-state index contributed by atoms with van der Waals surface area (Å²) in [6.45, 7) is 5.45. The van der Waals surface area contributed by atoms with Crippen LogP contribution in [-0.2, 0) is 9.53 Å². The van der Waals surface area contributed by atoms with Gasteiger partial charge in [-0.05, 0) is 49.6 Å². The number of nitrogens with one attached hydrogen (secondary N) is 3. The molecule has 2 amide bonds. The lowest BCUT2D eigenvalue weighted by atomic mass is 10.1. The monoisotopic (exact) mass is 452 g/mol. The fraction of sp³-hybridized carbons (Fsp3) is 0.375. The molecule has 33 heavy (non-hydrogen) atoms. The molecule has 0 aromatic heterocycles. The molecule has 0 bridgehead atoms. The summed E-state index contributed by atoms with van der Waals surface area (Å²) in [7, 11) is 0. The third-order valence-corrected chi connectivity index (χ3v) is 5.32. The predicted octanol–water partition coefficient (Wildman–Crippen LogP) is 3.10. The van der Waals surface area contributed by atoms with Gasteiger partial charge in [0.25, 0.3) is 5.91 Å². The lowest BCUT2D eigenvalue weighted by Crippen LogP contribution is -2.37. The van der Waals surface area contributed by atoms with E-state index in [1.54, 1.807) is 18.2 Å². The van der Waals surface area contributed by atoms with E-state index >= 15 is 0 Å². The normalized spacial score (nSPS) is 17.4. The summed E-state index contributed by atoms with van der Waals surface area (Å²) in [6, 6.07) is 10.6. The van der Waals surface area contributed by atoms with E-state index in [4.69, 9.17) is 14.2 Å². The molecule has 4 rings (SSSR count). The highest BCUT2D eigenvalue weighted by Gasteiger charge is 2.18. The van der Waals surface area contributed by atoms with Crippen LogP contribution in [0.25, 0.3) is 0 Å². The first kappa shape index (κ1) is 22.6. The predicted molar refractivity (Wildman–Crippen MR) is 125 cm³/mol. The van der Waals surface area contributed by atoms with Gasteiger partial charge in [0.2, 0.25) is 11.9 Å². The van der Waals surface area contributed by atoms with Crippen LogP contribution in [0.5, 0.6) is 11.5 Å². The van der Waals surface area contributed by atoms with Crippen molar-refractivity contribution in [1.29, 1.82) is 0 Å². The van der Waals surface area contributed by atoms with Crippen molar-refractivity contribution < 1.29 is 23.8 Å². The van der Waals surface area contributed by atoms with E-state index in [0.717, 1.165) is 25.0 Å². The average Bonchev–Trinajstić information content (AvgIpc) is 3.32. The van der Waals surface area contributed by atoms with Gasteiger partial charge in [-0.2, -0.15) is 0 Å². The Kier molecular flexibility index (Phi) is 7.09. The molecule has 9 nitrogen and oxygen atoms in total. The molecule has 9 heteroatoms. The molecule has 0 saturated carbocycles. The first-order valence-electron chi connectivity index (χ1n) is 11.0. The Morgan fingerprint density at radius 2 is 1.85 bits per heavy atom. The van der Waals surface area contributed by atoms with Gasteiger partial charge in [-0.3, -0.25) is 14.9 Å². The van der Waals surface area contributed by atoms with E-state index in [2.05, 4.69) is 20.9 Å². The van der Waals surface area contributed by atoms with E-state index in [1.807, 2.05) is 25.1 Å². The SMILES string of the molecule is CC(=O)Nc1cc(C(=O)NC(=NC[C@@H]2CCCO2)Nc2ccc3c(c2)OCCO3)ccc1C. The quantitative estimate of drug-likeness (QED) is 0.475. The minimum absolute atomic E-state index is 0.0321. The second-order valence-electron chi connectivity index (χ2n) is 7.97. The molecule has 1 fully saturated rings. The molecular formula is C24H28N4O5. The molecule has 1 saturated heterocycles. The van der Waals surface area contributed by atoms with Gasteiger partial charge in [-0.25, -0.2) is 4.99 Å². The smallest absolute Gasteiger partial charge is 0.258 e. The van der Waals surface area contributed by atoms with E-state index in [9.17, 15) is 9.59 Å². The fourth-order valence-electron chi connectivity index (χ4n) is 3.62. The summed E-state index contributed by atoms with van der Waals surface area (Å²) in [4.78, 5) is 29.0. The van der Waals surface area contributed by atoms with Crippen LogP contribution in [0.1, 0.15) is 35.7 Å². The van der Waals surface area contributed by atoms with Crippen molar-refractivity contribution in [3.8, 4) is 11.5 Å². The van der Waals surface area contributed by atoms with Crippen molar-refractivity contribution in [2.75, 3.05) is 37.0 Å². The number of ether oxygens (including phenoxy) is 3. The van der Waals surface area contributed by atoms with Gasteiger partial charge >= 0.3 is 0 Å². The number of anilines is 2. The van der Waals surface area contributed by atoms with Crippen LogP contribution < -0.4 is 25.4 Å². The number of guanidine groups is 1. The first-order chi connectivity index (χ1) is 16.0. The summed E-state index contributed by atoms with van der Waals surface area (Å²) >= 11 is 0. The van der Waals surface area contributed by atoms with Gasteiger partial charge in [0, 0.05) is 36.5 Å². The molecule has 2 heterocycles. The van der Waals surface area contributed by atoms with Crippen LogP contribution in [-0.4, -0.2) is 50.2 Å². The minimum Gasteiger partial charge on any atom is -0.486 e. The van der Waals surface area contributed by atoms with Crippen LogP contribution in [0, 0.1) is 6.92 Å². The molecular weight excluding hydrogens is 424 g/mol. The molecule has 2 aromatic carbocycles. The zero-order chi connectivity index (χ0) is 23.2. The number of benzene rings is 2. The summed E-state index contributed by atoms with van der Waals surface area (Å²) < 4.78 is 16.9. The van der Waals surface area contributed by atoms with E-state index < -0.39 is 0 Å². The van der Waals surface area contributed by atoms with Crippen molar-refractivity contribution >= 4 is 29.1 Å². The average molecular weight is 453 g/mol. The number of aliphatic imine (C=N–C) groups is 1. The maximum absolute atomic E-state index is 13.0. The topological polar surface area (TPSA) is 110 Å². The third kappa shape index (κ3) is 6.01. The number of fused-ring (bicyclic) bond motifs is 1. The van der Waals surface area contributed by atoms with Crippen LogP contribution in [0.15, 0.2) is 41.4 Å². The lowest BCUT2D eigenvalue weighted by Gasteiger charge is -2.20. The van der Waals surface area contributed by atoms with Crippen LogP contribution >= 0.6 is 0 Å². The number of hydrogen-bond acceptors (Lipinski definition) is 6. The summed E-state index contributed by atoms with van der Waals surface area (Å²) in [5.74, 6) is 1.06. The van der Waals surface area contributed by atoms with Crippen LogP contribution in [0.3, 0.4) is 0 Å². The molecule has 1 atom stereocenters. The number of amides is 2. The number of rotatable bonds is 5. The van der Waals surface area contributed by atoms with Crippen molar-refractivity contribution in [3.05, 3.63) is 47.5 Å². The van der Waals surface area contributed by atoms with Crippen molar-refractivity contribution in [1.82, 2.24) is 5.32 Å². The van der Waals surface area contributed by atoms with Gasteiger partial charge in [0.05, 0.1) is 12.6 Å². The highest BCUT2D eigenvalue weighted by molar-refractivity contribution is 6.10. The summed E-state index contributed by atoms with van der Waals surface area (Å²) in [6.07, 6.45) is 1.98. The maximum Gasteiger partial charge on any atom is 0.258 e. The molecule has 0 radical (unpaired) electrons. The first-order valence-corrected chi connectivity index (χ1v) is 11.0. The zero-order valence-electron chi connectivity index (χ0n) is 18.8. The van der Waals surface area contributed by atoms with Gasteiger partial charge in [-0.15, -0.1) is 0 Å². The number of aryl methyl sites for hydroxylation is 1. The second-order valence-corrected chi connectivity index (χ2v) is 7.97. The Bertz CT molecular complexity index is 1060. The zero-order valence-corrected chi connectivity index (χ0v) is 18.8. The van der Waals surface area contributed by atoms with Gasteiger partial charge in [0.15, 0.2) is 11.5 Å². The van der Waals surface area contributed by atoms with Crippen LogP contribution in [0.2, 0.25) is 0 Å². The van der Waals surface area contributed by atoms with Gasteiger partial charge in [0.1, 0.15) is 13.2 Å². The molecule has 2 aliphatic heterocycles. The lowest BCUT2D eigenvalue weighted by molar-refractivity contribution is -0.114. The minimum atomic E-state index is -0.349. The molecule has 2 aliphatic rings. The van der Waals surface area contributed by atoms with E-state index in [0.29, 0.717) is 54.2 Å². The summed E-state index contributed by atoms with van der Waals surface area (Å²) in [5.41, 5.74) is 2.56. The van der Waals surface area contributed by atoms with Crippen molar-refractivity contribution in [3.63, 3.8) is 0 Å². The second kappa shape index (κ2) is 10.4. The Hall–Kier alpha value is -3.59. The van der Waals surface area contributed by atoms with Crippen molar-refractivity contribution in [2.24, 2.45) is 4.99 Å². The largest absolute Gasteiger partial charge is 0.486 e. The number of nitrogens with zero attached hydrogens (tertiary/aromatic N) is 1. The molecule has 0 aliphatic carbocycles. The molecule has 0 spiro atoms. The summed E-state index contributed by atoms with van der Waals surface area (Å²) in [5, 5.41) is 8.76. The van der Waals surface area contributed by atoms with Crippen molar-refractivity contribution in [2.45, 2.75) is 32.8 Å². The van der Waals surface area contributed by atoms with Gasteiger partial charge < -0.3 is 24.8 Å². The number of carbonyl (C=O) groups excluding carboxylic acids is 2. The molecule has 0 unspecified atom stereocenters. The van der Waals surface area contributed by atoms with Gasteiger partial charge in [-0.1, -0.05) is 6.07 Å². The molecule has 3 N–H and O–H groups in total. The number of hydrogen-bond donors (Lipinski definition) is 3. The fourth-order valence-corrected chi connectivity index (χ4v) is 3.62. The van der Waals surface area contributed by atoms with E-state index in [-0.39, 0.29) is 17.9 Å². The Balaban J connectivity index is 1.52. The van der Waals surface area contributed by atoms with Crippen LogP contribution in [0.4, 0.5) is 11.4 Å². The molecule has 2 aromatic rings. The highest BCUT2D eigenvalue weighted by atomic mass is 16.6. The Labute approximate surface area is 192 Å². The third-order valence-electron chi connectivity index (χ3n) is 5.32. The number of carbonyl (C=O) groups is 2.